The number of piperidine rings is 1. The van der Waals surface area contributed by atoms with Crippen molar-refractivity contribution in [3.05, 3.63) is 71.3 Å². The van der Waals surface area contributed by atoms with Crippen molar-refractivity contribution in [2.45, 2.75) is 31.7 Å². The van der Waals surface area contributed by atoms with Gasteiger partial charge in [-0.3, -0.25) is 9.59 Å². The van der Waals surface area contributed by atoms with Gasteiger partial charge < -0.3 is 15.3 Å². The number of hydrogen-bond donors (Lipinski definition) is 2. The van der Waals surface area contributed by atoms with E-state index >= 15 is 0 Å². The monoisotopic (exact) mass is 380 g/mol. The summed E-state index contributed by atoms with van der Waals surface area (Å²) in [6.45, 7) is 0.944. The first-order chi connectivity index (χ1) is 13.6. The summed E-state index contributed by atoms with van der Waals surface area (Å²) in [6, 6.07) is 15.4. The number of carboxylic acids is 1. The molecule has 1 saturated heterocycles. The topological polar surface area (TPSA) is 86.7 Å². The number of rotatable bonds is 7. The standard InChI is InChI=1S/C22H24N2O4/c25-19-11-4-5-14-24(19)20(17-8-2-1-3-9-17)21(26)23-13-12-16-7-6-10-18(15-16)22(27)28/h1-3,6-10,15,20H,4-5,11-14H2,(H,23,26)(H,27,28). The van der Waals surface area contributed by atoms with Crippen LogP contribution >= 0.6 is 0 Å². The van der Waals surface area contributed by atoms with Crippen LogP contribution in [-0.2, 0) is 16.0 Å². The first kappa shape index (κ1) is 19.6. The van der Waals surface area contributed by atoms with Gasteiger partial charge in [0, 0.05) is 19.5 Å². The number of amides is 2. The van der Waals surface area contributed by atoms with Crippen LogP contribution in [0.15, 0.2) is 54.6 Å². The van der Waals surface area contributed by atoms with Crippen LogP contribution in [-0.4, -0.2) is 40.9 Å². The van der Waals surface area contributed by atoms with E-state index in [1.807, 2.05) is 36.4 Å². The normalized spacial score (nSPS) is 15.1. The second kappa shape index (κ2) is 9.17. The van der Waals surface area contributed by atoms with Gasteiger partial charge in [0.15, 0.2) is 0 Å². The van der Waals surface area contributed by atoms with Gasteiger partial charge >= 0.3 is 5.97 Å². The van der Waals surface area contributed by atoms with E-state index in [2.05, 4.69) is 5.32 Å². The summed E-state index contributed by atoms with van der Waals surface area (Å²) in [7, 11) is 0. The lowest BCUT2D eigenvalue weighted by Crippen LogP contribution is -2.46. The Morgan fingerprint density at radius 2 is 1.86 bits per heavy atom. The minimum Gasteiger partial charge on any atom is -0.478 e. The van der Waals surface area contributed by atoms with Crippen molar-refractivity contribution in [3.63, 3.8) is 0 Å². The van der Waals surface area contributed by atoms with Crippen molar-refractivity contribution in [1.29, 1.82) is 0 Å². The Morgan fingerprint density at radius 1 is 1.07 bits per heavy atom. The van der Waals surface area contributed by atoms with Crippen molar-refractivity contribution in [1.82, 2.24) is 10.2 Å². The number of nitrogens with one attached hydrogen (secondary N) is 1. The van der Waals surface area contributed by atoms with Gasteiger partial charge in [-0.05, 0) is 42.5 Å². The molecule has 146 valence electrons. The smallest absolute Gasteiger partial charge is 0.335 e. The van der Waals surface area contributed by atoms with Crippen LogP contribution in [0.2, 0.25) is 0 Å². The first-order valence-electron chi connectivity index (χ1n) is 9.50. The molecule has 1 atom stereocenters. The van der Waals surface area contributed by atoms with E-state index in [1.165, 1.54) is 6.07 Å². The maximum Gasteiger partial charge on any atom is 0.335 e. The van der Waals surface area contributed by atoms with Crippen molar-refractivity contribution in [2.75, 3.05) is 13.1 Å². The molecule has 0 radical (unpaired) electrons. The van der Waals surface area contributed by atoms with Gasteiger partial charge in [-0.2, -0.15) is 0 Å². The Hall–Kier alpha value is -3.15. The van der Waals surface area contributed by atoms with Gasteiger partial charge in [0.1, 0.15) is 6.04 Å². The lowest BCUT2D eigenvalue weighted by atomic mass is 10.0. The van der Waals surface area contributed by atoms with Gasteiger partial charge in [0.05, 0.1) is 5.56 Å². The zero-order valence-electron chi connectivity index (χ0n) is 15.6. The molecule has 0 saturated carbocycles. The van der Waals surface area contributed by atoms with Crippen LogP contribution in [0.4, 0.5) is 0 Å². The highest BCUT2D eigenvalue weighted by molar-refractivity contribution is 5.89. The van der Waals surface area contributed by atoms with Crippen molar-refractivity contribution >= 4 is 17.8 Å². The third-order valence-corrected chi connectivity index (χ3v) is 4.92. The first-order valence-corrected chi connectivity index (χ1v) is 9.50. The number of carbonyl (C=O) groups is 3. The van der Waals surface area contributed by atoms with E-state index in [1.54, 1.807) is 17.0 Å². The molecule has 3 rings (SSSR count). The Balaban J connectivity index is 1.69. The quantitative estimate of drug-likeness (QED) is 0.773. The molecule has 2 N–H and O–H groups in total. The van der Waals surface area contributed by atoms with E-state index in [-0.39, 0.29) is 17.4 Å². The lowest BCUT2D eigenvalue weighted by molar-refractivity contribution is -0.142. The highest BCUT2D eigenvalue weighted by atomic mass is 16.4. The lowest BCUT2D eigenvalue weighted by Gasteiger charge is -2.34. The molecule has 2 aromatic rings. The predicted molar refractivity (Wildman–Crippen MR) is 105 cm³/mol. The van der Waals surface area contributed by atoms with Crippen LogP contribution in [0.1, 0.15) is 46.8 Å². The zero-order valence-corrected chi connectivity index (χ0v) is 15.6. The molecule has 1 aliphatic rings. The van der Waals surface area contributed by atoms with E-state index in [9.17, 15) is 14.4 Å². The van der Waals surface area contributed by atoms with Crippen LogP contribution in [0.3, 0.4) is 0 Å². The molecular weight excluding hydrogens is 356 g/mol. The molecule has 0 spiro atoms. The van der Waals surface area contributed by atoms with Crippen LogP contribution in [0.25, 0.3) is 0 Å². The minimum absolute atomic E-state index is 0.00409. The summed E-state index contributed by atoms with van der Waals surface area (Å²) < 4.78 is 0. The number of nitrogens with zero attached hydrogens (tertiary/aromatic N) is 1. The fraction of sp³-hybridized carbons (Fsp3) is 0.318. The van der Waals surface area contributed by atoms with Gasteiger partial charge in [0.25, 0.3) is 0 Å². The van der Waals surface area contributed by atoms with E-state index < -0.39 is 12.0 Å². The van der Waals surface area contributed by atoms with Gasteiger partial charge in [-0.1, -0.05) is 42.5 Å². The highest BCUT2D eigenvalue weighted by Crippen LogP contribution is 2.25. The molecule has 0 bridgehead atoms. The molecular formula is C22H24N2O4. The number of carbonyl (C=O) groups excluding carboxylic acids is 2. The highest BCUT2D eigenvalue weighted by Gasteiger charge is 2.32. The number of aromatic carboxylic acids is 1. The van der Waals surface area contributed by atoms with Crippen molar-refractivity contribution in [3.8, 4) is 0 Å². The maximum atomic E-state index is 13.0. The Kier molecular flexibility index (Phi) is 6.42. The Bertz CT molecular complexity index is 851. The molecule has 1 heterocycles. The summed E-state index contributed by atoms with van der Waals surface area (Å²) in [4.78, 5) is 38.1. The van der Waals surface area contributed by atoms with Crippen molar-refractivity contribution < 1.29 is 19.5 Å². The summed E-state index contributed by atoms with van der Waals surface area (Å²) in [5, 5.41) is 12.0. The average molecular weight is 380 g/mol. The molecule has 2 amide bonds. The molecule has 0 aliphatic carbocycles. The molecule has 6 nitrogen and oxygen atoms in total. The summed E-state index contributed by atoms with van der Waals surface area (Å²) >= 11 is 0. The van der Waals surface area contributed by atoms with Gasteiger partial charge in [-0.25, -0.2) is 4.79 Å². The summed E-state index contributed by atoms with van der Waals surface area (Å²) in [5.41, 5.74) is 1.86. The predicted octanol–water partition coefficient (Wildman–Crippen LogP) is 2.80. The fourth-order valence-corrected chi connectivity index (χ4v) is 3.49. The Labute approximate surface area is 164 Å². The number of benzene rings is 2. The van der Waals surface area contributed by atoms with Crippen LogP contribution in [0.5, 0.6) is 0 Å². The van der Waals surface area contributed by atoms with E-state index in [0.717, 1.165) is 24.0 Å². The van der Waals surface area contributed by atoms with Crippen LogP contribution < -0.4 is 5.32 Å². The fourth-order valence-electron chi connectivity index (χ4n) is 3.49. The van der Waals surface area contributed by atoms with Gasteiger partial charge in [-0.15, -0.1) is 0 Å². The molecule has 6 heteroatoms. The SMILES string of the molecule is O=C(O)c1cccc(CCNC(=O)C(c2ccccc2)N2CCCCC2=O)c1. The number of hydrogen-bond acceptors (Lipinski definition) is 3. The minimum atomic E-state index is -0.973. The molecule has 0 aromatic heterocycles. The summed E-state index contributed by atoms with van der Waals surface area (Å²) in [5.74, 6) is -1.18. The zero-order chi connectivity index (χ0) is 19.9. The second-order valence-corrected chi connectivity index (χ2v) is 6.90. The second-order valence-electron chi connectivity index (χ2n) is 6.90. The van der Waals surface area contributed by atoms with Crippen LogP contribution in [0, 0.1) is 0 Å². The van der Waals surface area contributed by atoms with E-state index in [4.69, 9.17) is 5.11 Å². The number of likely N-dealkylation sites (tertiary alicyclic amines) is 1. The maximum absolute atomic E-state index is 13.0. The number of carboxylic acid groups (broad SMARTS) is 1. The largest absolute Gasteiger partial charge is 0.478 e. The van der Waals surface area contributed by atoms with E-state index in [0.29, 0.717) is 25.9 Å². The van der Waals surface area contributed by atoms with Gasteiger partial charge in [0.2, 0.25) is 11.8 Å². The molecule has 1 unspecified atom stereocenters. The van der Waals surface area contributed by atoms with Crippen molar-refractivity contribution in [2.24, 2.45) is 0 Å². The third kappa shape index (κ3) is 4.76. The Morgan fingerprint density at radius 3 is 2.57 bits per heavy atom. The molecule has 1 aliphatic heterocycles. The average Bonchev–Trinajstić information content (AvgIpc) is 2.71. The summed E-state index contributed by atoms with van der Waals surface area (Å²) in [6.07, 6.45) is 2.74. The molecule has 1 fully saturated rings. The molecule has 28 heavy (non-hydrogen) atoms. The molecule has 2 aromatic carbocycles. The third-order valence-electron chi connectivity index (χ3n) is 4.92.